The number of carbonyl (C=O) groups is 2. The maximum atomic E-state index is 13.3. The van der Waals surface area contributed by atoms with Gasteiger partial charge < -0.3 is 14.4 Å². The Hall–Kier alpha value is -1.26. The average Bonchev–Trinajstić information content (AvgIpc) is 3.04. The summed E-state index contributed by atoms with van der Waals surface area (Å²) in [5, 5.41) is 0. The number of fused-ring (bicyclic) bond motifs is 8. The molecule has 2 saturated heterocycles. The smallest absolute Gasteiger partial charge is 0.410 e. The van der Waals surface area contributed by atoms with Crippen LogP contribution in [0.4, 0.5) is 4.79 Å². The summed E-state index contributed by atoms with van der Waals surface area (Å²) >= 11 is 0. The number of hydrogen-bond donors (Lipinski definition) is 0. The van der Waals surface area contributed by atoms with Crippen molar-refractivity contribution >= 4 is 12.1 Å². The van der Waals surface area contributed by atoms with E-state index < -0.39 is 0 Å². The molecule has 0 aromatic rings. The number of ether oxygens (including phenoxy) is 2. The number of piperidine rings is 1. The first-order chi connectivity index (χ1) is 16.6. The van der Waals surface area contributed by atoms with Crippen molar-refractivity contribution < 1.29 is 19.1 Å². The standard InChI is InChI=1S/C30H47NO4/c1-17-6-9-25-18(2)27-26(35-28(33)31(25)16-17)15-24-22-8-7-20-14-21(34-19(3)32)10-12-29(20,4)23(22)11-13-30(24,27)5/h17-18,20-27H,6-16H2,1-5H3. The molecular weight excluding hydrogens is 438 g/mol. The van der Waals surface area contributed by atoms with E-state index in [-0.39, 0.29) is 29.7 Å². The van der Waals surface area contributed by atoms with Crippen molar-refractivity contribution in [3.8, 4) is 0 Å². The van der Waals surface area contributed by atoms with E-state index in [4.69, 9.17) is 9.47 Å². The van der Waals surface area contributed by atoms with Crippen molar-refractivity contribution in [2.24, 2.45) is 52.3 Å². The van der Waals surface area contributed by atoms with Gasteiger partial charge in [0.25, 0.3) is 0 Å². The third-order valence-electron chi connectivity index (χ3n) is 12.6. The normalized spacial score (nSPS) is 53.2. The Morgan fingerprint density at radius 1 is 0.971 bits per heavy atom. The molecule has 2 aliphatic heterocycles. The summed E-state index contributed by atoms with van der Waals surface area (Å²) in [6.45, 7) is 12.3. The quantitative estimate of drug-likeness (QED) is 0.401. The number of esters is 1. The minimum absolute atomic E-state index is 0.0286. The van der Waals surface area contributed by atoms with Crippen molar-refractivity contribution in [2.45, 2.75) is 117 Å². The molecule has 0 radical (unpaired) electrons. The second kappa shape index (κ2) is 8.38. The molecule has 0 N–H and O–H groups in total. The van der Waals surface area contributed by atoms with Gasteiger partial charge in [0.2, 0.25) is 0 Å². The van der Waals surface area contributed by atoms with Crippen molar-refractivity contribution in [2.75, 3.05) is 6.54 Å². The monoisotopic (exact) mass is 485 g/mol. The molecular formula is C30H47NO4. The zero-order valence-electron chi connectivity index (χ0n) is 22.6. The van der Waals surface area contributed by atoms with Crippen LogP contribution in [0.25, 0.3) is 0 Å². The fraction of sp³-hybridized carbons (Fsp3) is 0.933. The molecule has 6 aliphatic rings. The van der Waals surface area contributed by atoms with Crippen molar-refractivity contribution in [1.29, 1.82) is 0 Å². The van der Waals surface area contributed by atoms with E-state index in [0.717, 1.165) is 44.1 Å². The number of nitrogens with zero attached hydrogens (tertiary/aromatic N) is 1. The lowest BCUT2D eigenvalue weighted by Crippen LogP contribution is -2.55. The summed E-state index contributed by atoms with van der Waals surface area (Å²) in [6.07, 6.45) is 12.1. The Morgan fingerprint density at radius 2 is 1.74 bits per heavy atom. The van der Waals surface area contributed by atoms with Gasteiger partial charge in [-0.2, -0.15) is 0 Å². The molecule has 5 heteroatoms. The fourth-order valence-electron chi connectivity index (χ4n) is 11.0. The molecule has 12 atom stereocenters. The first-order valence-corrected chi connectivity index (χ1v) is 14.8. The summed E-state index contributed by atoms with van der Waals surface area (Å²) in [6, 6.07) is 0.354. The van der Waals surface area contributed by atoms with Crippen LogP contribution in [0.1, 0.15) is 98.8 Å². The third-order valence-corrected chi connectivity index (χ3v) is 12.6. The van der Waals surface area contributed by atoms with E-state index in [9.17, 15) is 9.59 Å². The number of amides is 1. The van der Waals surface area contributed by atoms with Gasteiger partial charge in [0, 0.05) is 25.4 Å². The summed E-state index contributed by atoms with van der Waals surface area (Å²) < 4.78 is 12.0. The molecule has 196 valence electrons. The van der Waals surface area contributed by atoms with Crippen LogP contribution in [-0.2, 0) is 14.3 Å². The van der Waals surface area contributed by atoms with Crippen LogP contribution >= 0.6 is 0 Å². The molecule has 2 heterocycles. The Kier molecular flexibility index (Phi) is 5.77. The summed E-state index contributed by atoms with van der Waals surface area (Å²) in [5.74, 6) is 4.31. The highest BCUT2D eigenvalue weighted by Gasteiger charge is 2.65. The second-order valence-electron chi connectivity index (χ2n) is 14.2. The van der Waals surface area contributed by atoms with E-state index in [1.165, 1.54) is 38.5 Å². The molecule has 0 aromatic heterocycles. The summed E-state index contributed by atoms with van der Waals surface area (Å²) in [7, 11) is 0. The maximum Gasteiger partial charge on any atom is 0.410 e. The first-order valence-electron chi connectivity index (χ1n) is 14.8. The molecule has 6 fully saturated rings. The van der Waals surface area contributed by atoms with Crippen molar-refractivity contribution in [3.05, 3.63) is 0 Å². The van der Waals surface area contributed by atoms with Gasteiger partial charge in [-0.1, -0.05) is 27.7 Å². The SMILES string of the molecule is CC(=O)OC1CCC2(C)C(CCC3C2CCC2(C)C3CC3OC(=O)N4CC(C)CCC4C(C)C32)C1. The van der Waals surface area contributed by atoms with Crippen LogP contribution in [0.3, 0.4) is 0 Å². The van der Waals surface area contributed by atoms with Crippen LogP contribution in [0.5, 0.6) is 0 Å². The molecule has 0 spiro atoms. The summed E-state index contributed by atoms with van der Waals surface area (Å²) in [4.78, 5) is 27.0. The predicted octanol–water partition coefficient (Wildman–Crippen LogP) is 6.44. The molecule has 0 aromatic carbocycles. The highest BCUT2D eigenvalue weighted by molar-refractivity contribution is 5.69. The van der Waals surface area contributed by atoms with Crippen LogP contribution < -0.4 is 0 Å². The van der Waals surface area contributed by atoms with E-state index in [1.54, 1.807) is 6.92 Å². The zero-order valence-corrected chi connectivity index (χ0v) is 22.6. The largest absolute Gasteiger partial charge is 0.463 e. The van der Waals surface area contributed by atoms with Crippen molar-refractivity contribution in [1.82, 2.24) is 4.90 Å². The van der Waals surface area contributed by atoms with E-state index in [1.807, 2.05) is 0 Å². The van der Waals surface area contributed by atoms with Gasteiger partial charge in [-0.15, -0.1) is 0 Å². The van der Waals surface area contributed by atoms with Crippen LogP contribution in [0.2, 0.25) is 0 Å². The zero-order chi connectivity index (χ0) is 24.7. The molecule has 0 bridgehead atoms. The Labute approximate surface area is 212 Å². The third kappa shape index (κ3) is 3.60. The van der Waals surface area contributed by atoms with Gasteiger partial charge in [0.05, 0.1) is 0 Å². The summed E-state index contributed by atoms with van der Waals surface area (Å²) in [5.41, 5.74) is 0.646. The number of rotatable bonds is 1. The minimum atomic E-state index is -0.125. The first kappa shape index (κ1) is 24.1. The lowest BCUT2D eigenvalue weighted by molar-refractivity contribution is -0.160. The van der Waals surface area contributed by atoms with E-state index in [2.05, 4.69) is 32.6 Å². The fourth-order valence-corrected chi connectivity index (χ4v) is 11.0. The highest BCUT2D eigenvalue weighted by Crippen LogP contribution is 2.69. The maximum absolute atomic E-state index is 13.3. The molecule has 6 rings (SSSR count). The topological polar surface area (TPSA) is 55.8 Å². The lowest BCUT2D eigenvalue weighted by atomic mass is 9.44. The van der Waals surface area contributed by atoms with Crippen LogP contribution in [0.15, 0.2) is 0 Å². The van der Waals surface area contributed by atoms with Gasteiger partial charge in [0.1, 0.15) is 12.2 Å². The van der Waals surface area contributed by atoms with Crippen LogP contribution in [-0.4, -0.2) is 41.8 Å². The Balaban J connectivity index is 1.25. The van der Waals surface area contributed by atoms with Gasteiger partial charge in [-0.05, 0) is 111 Å². The predicted molar refractivity (Wildman–Crippen MR) is 134 cm³/mol. The van der Waals surface area contributed by atoms with Gasteiger partial charge in [-0.3, -0.25) is 4.79 Å². The molecule has 4 aliphatic carbocycles. The van der Waals surface area contributed by atoms with Gasteiger partial charge in [-0.25, -0.2) is 4.79 Å². The molecule has 4 saturated carbocycles. The minimum Gasteiger partial charge on any atom is -0.463 e. The molecule has 12 unspecified atom stereocenters. The van der Waals surface area contributed by atoms with Crippen molar-refractivity contribution in [3.63, 3.8) is 0 Å². The highest BCUT2D eigenvalue weighted by atomic mass is 16.6. The lowest BCUT2D eigenvalue weighted by Gasteiger charge is -2.61. The van der Waals surface area contributed by atoms with Crippen LogP contribution in [0, 0.1) is 52.3 Å². The second-order valence-corrected chi connectivity index (χ2v) is 14.2. The van der Waals surface area contributed by atoms with E-state index >= 15 is 0 Å². The Bertz CT molecular complexity index is 874. The Morgan fingerprint density at radius 3 is 2.51 bits per heavy atom. The van der Waals surface area contributed by atoms with Gasteiger partial charge >= 0.3 is 12.1 Å². The molecule has 5 nitrogen and oxygen atoms in total. The number of hydrogen-bond acceptors (Lipinski definition) is 4. The number of carbonyl (C=O) groups excluding carboxylic acids is 2. The molecule has 35 heavy (non-hydrogen) atoms. The average molecular weight is 486 g/mol. The van der Waals surface area contributed by atoms with E-state index in [0.29, 0.717) is 41.0 Å². The molecule has 1 amide bonds. The van der Waals surface area contributed by atoms with Gasteiger partial charge in [0.15, 0.2) is 0 Å².